The van der Waals surface area contributed by atoms with Crippen molar-refractivity contribution in [2.45, 2.75) is 132 Å². The molecular weight excluding hydrogens is 556 g/mol. The second-order valence-corrected chi connectivity index (χ2v) is 8.79. The highest BCUT2D eigenvalue weighted by Crippen LogP contribution is 2.64. The summed E-state index contributed by atoms with van der Waals surface area (Å²) in [7, 11) is 0. The minimum Gasteiger partial charge on any atom is -0.200 e. The van der Waals surface area contributed by atoms with E-state index >= 15 is 0 Å². The van der Waals surface area contributed by atoms with Crippen molar-refractivity contribution in [3.63, 3.8) is 0 Å². The van der Waals surface area contributed by atoms with Gasteiger partial charge < -0.3 is 0 Å². The normalized spacial score (nSPS) is 15.4. The van der Waals surface area contributed by atoms with E-state index in [-0.39, 0.29) is 19.8 Å². The van der Waals surface area contributed by atoms with Gasteiger partial charge in [-0.3, -0.25) is 0 Å². The van der Waals surface area contributed by atoms with Crippen LogP contribution in [0.3, 0.4) is 0 Å². The maximum atomic E-state index is 13.8. The Kier molecular flexibility index (Phi) is 11.6. The molecule has 0 aliphatic rings. The molecule has 0 rings (SSSR count). The van der Waals surface area contributed by atoms with E-state index in [0.29, 0.717) is 12.8 Å². The monoisotopic (exact) mass is 584 g/mol. The van der Waals surface area contributed by atoms with E-state index in [1.165, 1.54) is 0 Å². The number of halogens is 16. The summed E-state index contributed by atoms with van der Waals surface area (Å²) in [6.07, 6.45) is -1.34. The molecule has 0 aliphatic carbocycles. The van der Waals surface area contributed by atoms with Crippen molar-refractivity contribution in [2.75, 3.05) is 0 Å². The maximum Gasteiger partial charge on any atom is 0.384 e. The van der Waals surface area contributed by atoms with Crippen molar-refractivity contribution in [1.82, 2.24) is 0 Å². The first-order valence-corrected chi connectivity index (χ1v) is 11.4. The third-order valence-corrected chi connectivity index (χ3v) is 5.93. The lowest BCUT2D eigenvalue weighted by Crippen LogP contribution is -2.74. The topological polar surface area (TPSA) is 0 Å². The number of hydrogen-bond acceptors (Lipinski definition) is 0. The summed E-state index contributed by atoms with van der Waals surface area (Å²) in [6.45, 7) is 1.94. The van der Waals surface area contributed by atoms with Crippen molar-refractivity contribution in [3.05, 3.63) is 0 Å². The van der Waals surface area contributed by atoms with Crippen LogP contribution in [0.2, 0.25) is 0 Å². The largest absolute Gasteiger partial charge is 0.384 e. The Morgan fingerprint density at radius 3 is 0.919 bits per heavy atom. The summed E-state index contributed by atoms with van der Waals surface area (Å²) >= 11 is 0. The zero-order valence-corrected chi connectivity index (χ0v) is 19.8. The fourth-order valence-corrected chi connectivity index (χ4v) is 3.28. The molecule has 224 valence electrons. The van der Waals surface area contributed by atoms with Gasteiger partial charge in [0.15, 0.2) is 0 Å². The van der Waals surface area contributed by atoms with Crippen LogP contribution in [0.25, 0.3) is 0 Å². The van der Waals surface area contributed by atoms with E-state index in [9.17, 15) is 70.2 Å². The lowest BCUT2D eigenvalue weighted by molar-refractivity contribution is -0.453. The standard InChI is InChI=1S/C21H28F16/c1-3-5-6-7-8-9-10-11-12-13-15(24,25)17(28,29)19(32,33)21(36,37)20(34,35)18(30,31)16(26,27)14(22,23)4-2/h3-13H2,1-2H3. The molecule has 0 N–H and O–H groups in total. The van der Waals surface area contributed by atoms with Gasteiger partial charge in [0.25, 0.3) is 0 Å². The summed E-state index contributed by atoms with van der Waals surface area (Å²) in [6, 6.07) is 0. The highest BCUT2D eigenvalue weighted by molar-refractivity contribution is 5.15. The minimum absolute atomic E-state index is 0.00997. The molecule has 0 aliphatic heterocycles. The molecule has 0 atom stereocenters. The molecule has 0 unspecified atom stereocenters. The Hall–Kier alpha value is -1.12. The van der Waals surface area contributed by atoms with Crippen LogP contribution in [0.1, 0.15) is 84.5 Å². The summed E-state index contributed by atoms with van der Waals surface area (Å²) in [5.74, 6) is -60.1. The minimum atomic E-state index is -8.33. The Morgan fingerprint density at radius 2 is 0.595 bits per heavy atom. The van der Waals surface area contributed by atoms with Crippen LogP contribution >= 0.6 is 0 Å². The molecule has 37 heavy (non-hydrogen) atoms. The average Bonchev–Trinajstić information content (AvgIpc) is 2.76. The fourth-order valence-electron chi connectivity index (χ4n) is 3.28. The Morgan fingerprint density at radius 1 is 0.324 bits per heavy atom. The molecular formula is C21H28F16. The van der Waals surface area contributed by atoms with Crippen LogP contribution in [-0.2, 0) is 0 Å². The Labute approximate surface area is 203 Å². The molecule has 0 saturated carbocycles. The van der Waals surface area contributed by atoms with E-state index in [2.05, 4.69) is 0 Å². The smallest absolute Gasteiger partial charge is 0.200 e. The predicted molar refractivity (Wildman–Crippen MR) is 102 cm³/mol. The Balaban J connectivity index is 5.79. The van der Waals surface area contributed by atoms with Crippen molar-refractivity contribution in [1.29, 1.82) is 0 Å². The van der Waals surface area contributed by atoms with Crippen LogP contribution in [0.4, 0.5) is 70.2 Å². The highest BCUT2D eigenvalue weighted by Gasteiger charge is 2.94. The zero-order chi connectivity index (χ0) is 29.8. The molecule has 0 aromatic carbocycles. The van der Waals surface area contributed by atoms with Gasteiger partial charge in [0.05, 0.1) is 0 Å². The summed E-state index contributed by atoms with van der Waals surface area (Å²) in [4.78, 5) is 0. The zero-order valence-electron chi connectivity index (χ0n) is 19.8. The number of unbranched alkanes of at least 4 members (excludes halogenated alkanes) is 8. The second-order valence-electron chi connectivity index (χ2n) is 8.79. The van der Waals surface area contributed by atoms with Crippen LogP contribution in [0.15, 0.2) is 0 Å². The molecule has 16 heteroatoms. The third kappa shape index (κ3) is 6.38. The summed E-state index contributed by atoms with van der Waals surface area (Å²) < 4.78 is 218. The van der Waals surface area contributed by atoms with Gasteiger partial charge in [-0.15, -0.1) is 0 Å². The first-order chi connectivity index (χ1) is 16.4. The quantitative estimate of drug-likeness (QED) is 0.111. The van der Waals surface area contributed by atoms with Gasteiger partial charge >= 0.3 is 47.4 Å². The third-order valence-electron chi connectivity index (χ3n) is 5.93. The lowest BCUT2D eigenvalue weighted by Gasteiger charge is -2.43. The fraction of sp³-hybridized carbons (Fsp3) is 1.00. The van der Waals surface area contributed by atoms with Gasteiger partial charge in [0, 0.05) is 12.8 Å². The summed E-state index contributed by atoms with van der Waals surface area (Å²) in [5, 5.41) is 0. The molecule has 0 radical (unpaired) electrons. The van der Waals surface area contributed by atoms with Crippen LogP contribution in [0, 0.1) is 0 Å². The van der Waals surface area contributed by atoms with Gasteiger partial charge in [-0.1, -0.05) is 65.2 Å². The van der Waals surface area contributed by atoms with E-state index in [0.717, 1.165) is 25.7 Å². The van der Waals surface area contributed by atoms with E-state index in [1.54, 1.807) is 0 Å². The second kappa shape index (κ2) is 12.0. The number of alkyl halides is 16. The van der Waals surface area contributed by atoms with Crippen molar-refractivity contribution in [2.24, 2.45) is 0 Å². The van der Waals surface area contributed by atoms with Gasteiger partial charge in [0.1, 0.15) is 0 Å². The molecule has 0 nitrogen and oxygen atoms in total. The molecule has 0 spiro atoms. The summed E-state index contributed by atoms with van der Waals surface area (Å²) in [5.41, 5.74) is 0. The van der Waals surface area contributed by atoms with Crippen molar-refractivity contribution >= 4 is 0 Å². The highest BCUT2D eigenvalue weighted by atomic mass is 19.4. The van der Waals surface area contributed by atoms with Gasteiger partial charge in [-0.25, -0.2) is 0 Å². The molecule has 0 aromatic rings. The van der Waals surface area contributed by atoms with E-state index in [1.807, 2.05) is 6.92 Å². The van der Waals surface area contributed by atoms with Crippen LogP contribution in [-0.4, -0.2) is 47.4 Å². The van der Waals surface area contributed by atoms with E-state index < -0.39 is 66.6 Å². The van der Waals surface area contributed by atoms with Gasteiger partial charge in [-0.05, 0) is 6.42 Å². The van der Waals surface area contributed by atoms with Gasteiger partial charge in [-0.2, -0.15) is 70.2 Å². The number of rotatable bonds is 18. The average molecular weight is 584 g/mol. The predicted octanol–water partition coefficient (Wildman–Crippen LogP) is 10.4. The lowest BCUT2D eigenvalue weighted by atomic mass is 9.86. The molecule has 0 amide bonds. The maximum absolute atomic E-state index is 13.8. The van der Waals surface area contributed by atoms with Gasteiger partial charge in [0.2, 0.25) is 0 Å². The number of hydrogen-bond donors (Lipinski definition) is 0. The Bertz CT molecular complexity index is 699. The van der Waals surface area contributed by atoms with Crippen LogP contribution in [0.5, 0.6) is 0 Å². The molecule has 0 aromatic heterocycles. The first kappa shape index (κ1) is 35.9. The molecule has 0 bridgehead atoms. The van der Waals surface area contributed by atoms with Crippen LogP contribution < -0.4 is 0 Å². The SMILES string of the molecule is CCCCCCCCCCCC(F)(F)C(F)(F)C(F)(F)C(F)(F)C(F)(F)C(F)(F)C(F)(F)C(F)(F)CC. The molecule has 0 fully saturated rings. The first-order valence-electron chi connectivity index (χ1n) is 11.4. The molecule has 0 saturated heterocycles. The molecule has 0 heterocycles. The van der Waals surface area contributed by atoms with Crippen molar-refractivity contribution in [3.8, 4) is 0 Å². The van der Waals surface area contributed by atoms with Crippen molar-refractivity contribution < 1.29 is 70.2 Å². The van der Waals surface area contributed by atoms with E-state index in [4.69, 9.17) is 0 Å².